The van der Waals surface area contributed by atoms with E-state index in [1.54, 1.807) is 23.9 Å². The summed E-state index contributed by atoms with van der Waals surface area (Å²) in [5.74, 6) is -0.568. The van der Waals surface area contributed by atoms with Crippen LogP contribution in [0.1, 0.15) is 10.4 Å². The van der Waals surface area contributed by atoms with E-state index in [1.807, 2.05) is 18.4 Å². The third kappa shape index (κ3) is 3.74. The fraction of sp³-hybridized carbons (Fsp3) is 0.0714. The number of halogens is 1. The second-order valence-electron chi connectivity index (χ2n) is 4.10. The first kappa shape index (κ1) is 15.3. The predicted octanol–water partition coefficient (Wildman–Crippen LogP) is 4.22. The van der Waals surface area contributed by atoms with Gasteiger partial charge in [-0.2, -0.15) is 0 Å². The van der Waals surface area contributed by atoms with Crippen LogP contribution in [0.15, 0.2) is 47.4 Å². The zero-order valence-corrected chi connectivity index (χ0v) is 12.6. The van der Waals surface area contributed by atoms with Crippen LogP contribution in [0.25, 0.3) is 0 Å². The van der Waals surface area contributed by atoms with Gasteiger partial charge in [-0.3, -0.25) is 14.9 Å². The Morgan fingerprint density at radius 2 is 1.90 bits per heavy atom. The van der Waals surface area contributed by atoms with Crippen molar-refractivity contribution in [1.29, 1.82) is 0 Å². The Kier molecular flexibility index (Phi) is 4.82. The fourth-order valence-corrected chi connectivity index (χ4v) is 2.30. The molecule has 0 heterocycles. The average Bonchev–Trinajstić information content (AvgIpc) is 2.47. The quantitative estimate of drug-likeness (QED) is 0.519. The number of nitrogens with zero attached hydrogens (tertiary/aromatic N) is 1. The third-order valence-corrected chi connectivity index (χ3v) is 3.73. The van der Waals surface area contributed by atoms with Gasteiger partial charge in [-0.1, -0.05) is 11.6 Å². The number of amides is 1. The number of hydrogen-bond donors (Lipinski definition) is 1. The van der Waals surface area contributed by atoms with E-state index in [0.29, 0.717) is 5.69 Å². The zero-order valence-electron chi connectivity index (χ0n) is 11.0. The lowest BCUT2D eigenvalue weighted by Gasteiger charge is -2.07. The molecular weight excluding hydrogens is 312 g/mol. The number of nitro groups is 1. The number of nitro benzene ring substituents is 1. The van der Waals surface area contributed by atoms with E-state index >= 15 is 0 Å². The maximum absolute atomic E-state index is 12.2. The molecule has 0 atom stereocenters. The second kappa shape index (κ2) is 6.60. The van der Waals surface area contributed by atoms with Crippen LogP contribution < -0.4 is 5.32 Å². The lowest BCUT2D eigenvalue weighted by atomic mass is 10.1. The molecule has 0 fully saturated rings. The van der Waals surface area contributed by atoms with Gasteiger partial charge in [-0.25, -0.2) is 0 Å². The van der Waals surface area contributed by atoms with Crippen molar-refractivity contribution in [3.8, 4) is 0 Å². The van der Waals surface area contributed by atoms with Crippen LogP contribution in [0.2, 0.25) is 5.02 Å². The number of carbonyl (C=O) groups is 1. The van der Waals surface area contributed by atoms with E-state index in [4.69, 9.17) is 11.6 Å². The van der Waals surface area contributed by atoms with Gasteiger partial charge >= 0.3 is 0 Å². The van der Waals surface area contributed by atoms with E-state index in [0.717, 1.165) is 4.90 Å². The van der Waals surface area contributed by atoms with Gasteiger partial charge in [-0.15, -0.1) is 11.8 Å². The molecule has 21 heavy (non-hydrogen) atoms. The second-order valence-corrected chi connectivity index (χ2v) is 5.42. The lowest BCUT2D eigenvalue weighted by molar-refractivity contribution is -0.385. The highest BCUT2D eigenvalue weighted by Crippen LogP contribution is 2.24. The smallest absolute Gasteiger partial charge is 0.282 e. The monoisotopic (exact) mass is 322 g/mol. The van der Waals surface area contributed by atoms with E-state index in [1.165, 1.54) is 18.2 Å². The van der Waals surface area contributed by atoms with Crippen LogP contribution in [-0.4, -0.2) is 17.1 Å². The molecule has 0 bridgehead atoms. The summed E-state index contributed by atoms with van der Waals surface area (Å²) in [5, 5.41) is 13.8. The summed E-state index contributed by atoms with van der Waals surface area (Å²) in [5.41, 5.74) is 0.214. The molecule has 2 aromatic carbocycles. The van der Waals surface area contributed by atoms with Crippen LogP contribution in [0, 0.1) is 10.1 Å². The van der Waals surface area contributed by atoms with Gasteiger partial charge in [0.15, 0.2) is 0 Å². The standard InChI is InChI=1S/C14H11ClN2O3S/c1-21-11-5-3-10(4-6-11)16-14(18)12-8-9(15)2-7-13(12)17(19)20/h2-8H,1H3,(H,16,18). The lowest BCUT2D eigenvalue weighted by Crippen LogP contribution is -2.13. The summed E-state index contributed by atoms with van der Waals surface area (Å²) in [6.45, 7) is 0. The van der Waals surface area contributed by atoms with Crippen molar-refractivity contribution in [3.63, 3.8) is 0 Å². The summed E-state index contributed by atoms with van der Waals surface area (Å²) in [7, 11) is 0. The van der Waals surface area contributed by atoms with Gasteiger partial charge in [0.25, 0.3) is 11.6 Å². The van der Waals surface area contributed by atoms with Crippen molar-refractivity contribution in [2.45, 2.75) is 4.90 Å². The fourth-order valence-electron chi connectivity index (χ4n) is 1.72. The number of nitrogens with one attached hydrogen (secondary N) is 1. The zero-order chi connectivity index (χ0) is 15.4. The SMILES string of the molecule is CSc1ccc(NC(=O)c2cc(Cl)ccc2[N+](=O)[O-])cc1. The van der Waals surface area contributed by atoms with Gasteiger partial charge in [0, 0.05) is 21.7 Å². The van der Waals surface area contributed by atoms with Crippen molar-refractivity contribution < 1.29 is 9.72 Å². The molecule has 2 aromatic rings. The highest BCUT2D eigenvalue weighted by Gasteiger charge is 2.20. The normalized spacial score (nSPS) is 10.2. The Bertz CT molecular complexity index is 689. The Hall–Kier alpha value is -2.05. The number of anilines is 1. The summed E-state index contributed by atoms with van der Waals surface area (Å²) in [6, 6.07) is 11.1. The molecule has 0 aromatic heterocycles. The number of thioether (sulfide) groups is 1. The molecule has 0 unspecified atom stereocenters. The number of benzene rings is 2. The molecule has 0 aliphatic heterocycles. The van der Waals surface area contributed by atoms with Crippen molar-refractivity contribution >= 4 is 40.6 Å². The summed E-state index contributed by atoms with van der Waals surface area (Å²) in [4.78, 5) is 23.6. The van der Waals surface area contributed by atoms with E-state index < -0.39 is 10.8 Å². The largest absolute Gasteiger partial charge is 0.322 e. The van der Waals surface area contributed by atoms with Crippen molar-refractivity contribution in [2.75, 3.05) is 11.6 Å². The van der Waals surface area contributed by atoms with Gasteiger partial charge in [0.1, 0.15) is 5.56 Å². The highest BCUT2D eigenvalue weighted by molar-refractivity contribution is 7.98. The van der Waals surface area contributed by atoms with E-state index in [9.17, 15) is 14.9 Å². The number of carbonyl (C=O) groups excluding carboxylic acids is 1. The summed E-state index contributed by atoms with van der Waals surface area (Å²) >= 11 is 7.38. The summed E-state index contributed by atoms with van der Waals surface area (Å²) in [6.07, 6.45) is 1.95. The Labute approximate surface area is 130 Å². The highest BCUT2D eigenvalue weighted by atomic mass is 35.5. The minimum Gasteiger partial charge on any atom is -0.322 e. The molecular formula is C14H11ClN2O3S. The van der Waals surface area contributed by atoms with Crippen LogP contribution in [0.4, 0.5) is 11.4 Å². The maximum Gasteiger partial charge on any atom is 0.282 e. The van der Waals surface area contributed by atoms with Crippen LogP contribution >= 0.6 is 23.4 Å². The van der Waals surface area contributed by atoms with Crippen LogP contribution in [0.5, 0.6) is 0 Å². The third-order valence-electron chi connectivity index (χ3n) is 2.75. The van der Waals surface area contributed by atoms with Crippen molar-refractivity contribution in [2.24, 2.45) is 0 Å². The Balaban J connectivity index is 2.27. The molecule has 108 valence electrons. The number of rotatable bonds is 4. The van der Waals surface area contributed by atoms with Crippen molar-refractivity contribution in [1.82, 2.24) is 0 Å². The minimum atomic E-state index is -0.609. The Morgan fingerprint density at radius 3 is 2.48 bits per heavy atom. The number of hydrogen-bond acceptors (Lipinski definition) is 4. The molecule has 7 heteroatoms. The van der Waals surface area contributed by atoms with Gasteiger partial charge in [0.2, 0.25) is 0 Å². The molecule has 2 rings (SSSR count). The molecule has 0 aliphatic rings. The molecule has 1 N–H and O–H groups in total. The van der Waals surface area contributed by atoms with Crippen LogP contribution in [0.3, 0.4) is 0 Å². The van der Waals surface area contributed by atoms with Gasteiger partial charge in [0.05, 0.1) is 4.92 Å². The molecule has 5 nitrogen and oxygen atoms in total. The predicted molar refractivity (Wildman–Crippen MR) is 84.3 cm³/mol. The molecule has 0 spiro atoms. The summed E-state index contributed by atoms with van der Waals surface area (Å²) < 4.78 is 0. The first-order chi connectivity index (χ1) is 10.0. The minimum absolute atomic E-state index is 0.0681. The van der Waals surface area contributed by atoms with E-state index in [2.05, 4.69) is 5.32 Å². The van der Waals surface area contributed by atoms with Gasteiger partial charge in [-0.05, 0) is 42.7 Å². The first-order valence-corrected chi connectivity index (χ1v) is 7.51. The topological polar surface area (TPSA) is 72.2 Å². The maximum atomic E-state index is 12.2. The molecule has 0 aliphatic carbocycles. The van der Waals surface area contributed by atoms with Gasteiger partial charge < -0.3 is 5.32 Å². The Morgan fingerprint density at radius 1 is 1.24 bits per heavy atom. The first-order valence-electron chi connectivity index (χ1n) is 5.90. The molecule has 0 saturated carbocycles. The molecule has 0 radical (unpaired) electrons. The molecule has 0 saturated heterocycles. The van der Waals surface area contributed by atoms with E-state index in [-0.39, 0.29) is 16.3 Å². The van der Waals surface area contributed by atoms with Crippen LogP contribution in [-0.2, 0) is 0 Å². The average molecular weight is 323 g/mol. The van der Waals surface area contributed by atoms with Crippen molar-refractivity contribution in [3.05, 3.63) is 63.2 Å². The molecule has 1 amide bonds.